The molecule has 4 rings (SSSR count). The summed E-state index contributed by atoms with van der Waals surface area (Å²) >= 11 is 5.90. The number of nitrogens with two attached hydrogens (primary N) is 1. The first kappa shape index (κ1) is 18.8. The molecule has 28 heavy (non-hydrogen) atoms. The number of benzene rings is 1. The summed E-state index contributed by atoms with van der Waals surface area (Å²) in [7, 11) is 0. The molecule has 0 bridgehead atoms. The predicted octanol–water partition coefficient (Wildman–Crippen LogP) is 0.285. The molecule has 10 nitrogen and oxygen atoms in total. The normalized spacial score (nSPS) is 24.7. The number of imidazole rings is 1. The molecule has 1 saturated heterocycles. The van der Waals surface area contributed by atoms with Gasteiger partial charge in [0.15, 0.2) is 23.2 Å². The highest BCUT2D eigenvalue weighted by Gasteiger charge is 2.44. The van der Waals surface area contributed by atoms with Crippen LogP contribution < -0.4 is 11.1 Å². The molecule has 148 valence electrons. The maximum atomic E-state index is 10.3. The molecular formula is C17H19ClN6O4. The van der Waals surface area contributed by atoms with E-state index in [0.717, 1.165) is 5.56 Å². The standard InChI is InChI=1S/C17H19ClN6O4/c18-9-3-1-8(2-4-9)5-20-14-11-15(23-17(19)22-14)24(7-21-11)16-13(27)12(26)10(6-25)28-16/h1-4,7,10,12-13,16,25-27H,5-6H2,(H3,19,20,22,23)/t10-,12+,13+,16-/m1/s1. The zero-order valence-electron chi connectivity index (χ0n) is 14.6. The van der Waals surface area contributed by atoms with Gasteiger partial charge in [-0.25, -0.2) is 4.98 Å². The molecule has 0 radical (unpaired) electrons. The summed E-state index contributed by atoms with van der Waals surface area (Å²) in [5.74, 6) is 0.433. The SMILES string of the molecule is Nc1nc(NCc2ccc(Cl)cc2)c2ncn([C@@H]3O[C@H](CO)[C@H](O)[C@@H]3O)c2n1. The molecule has 0 unspecified atom stereocenters. The van der Waals surface area contributed by atoms with E-state index >= 15 is 0 Å². The Hall–Kier alpha value is -2.50. The van der Waals surface area contributed by atoms with Crippen molar-refractivity contribution in [3.05, 3.63) is 41.2 Å². The molecule has 0 saturated carbocycles. The van der Waals surface area contributed by atoms with Crippen LogP contribution >= 0.6 is 11.6 Å². The second kappa shape index (κ2) is 7.49. The molecule has 6 N–H and O–H groups in total. The van der Waals surface area contributed by atoms with Gasteiger partial charge in [0.1, 0.15) is 18.3 Å². The fourth-order valence-corrected chi connectivity index (χ4v) is 3.27. The van der Waals surface area contributed by atoms with Crippen LogP contribution in [-0.2, 0) is 11.3 Å². The highest BCUT2D eigenvalue weighted by Crippen LogP contribution is 2.32. The maximum Gasteiger partial charge on any atom is 0.224 e. The van der Waals surface area contributed by atoms with Gasteiger partial charge in [-0.15, -0.1) is 0 Å². The van der Waals surface area contributed by atoms with E-state index in [0.29, 0.717) is 28.5 Å². The first-order valence-corrected chi connectivity index (χ1v) is 8.96. The second-order valence-electron chi connectivity index (χ2n) is 6.46. The van der Waals surface area contributed by atoms with Crippen molar-refractivity contribution in [2.45, 2.75) is 31.1 Å². The van der Waals surface area contributed by atoms with E-state index in [1.54, 1.807) is 12.1 Å². The number of aliphatic hydroxyl groups is 3. The number of nitrogens with zero attached hydrogens (tertiary/aromatic N) is 4. The van der Waals surface area contributed by atoms with Gasteiger partial charge in [-0.1, -0.05) is 23.7 Å². The van der Waals surface area contributed by atoms with Crippen LogP contribution in [-0.4, -0.2) is 59.8 Å². The Morgan fingerprint density at radius 3 is 2.61 bits per heavy atom. The maximum absolute atomic E-state index is 10.3. The third kappa shape index (κ3) is 3.36. The summed E-state index contributed by atoms with van der Waals surface area (Å²) in [6, 6.07) is 7.35. The van der Waals surface area contributed by atoms with E-state index in [2.05, 4.69) is 20.3 Å². The van der Waals surface area contributed by atoms with E-state index in [1.807, 2.05) is 12.1 Å². The van der Waals surface area contributed by atoms with E-state index in [1.165, 1.54) is 10.9 Å². The number of nitrogens with one attached hydrogen (secondary N) is 1. The molecule has 1 aromatic carbocycles. The number of halogens is 1. The molecule has 1 aliphatic rings. The molecule has 2 aromatic heterocycles. The van der Waals surface area contributed by atoms with Crippen LogP contribution in [0.4, 0.5) is 11.8 Å². The molecule has 0 aliphatic carbocycles. The number of hydrogen-bond acceptors (Lipinski definition) is 9. The molecule has 1 aliphatic heterocycles. The lowest BCUT2D eigenvalue weighted by atomic mass is 10.1. The molecule has 1 fully saturated rings. The van der Waals surface area contributed by atoms with Gasteiger partial charge in [0.2, 0.25) is 5.95 Å². The second-order valence-corrected chi connectivity index (χ2v) is 6.90. The quantitative estimate of drug-likeness (QED) is 0.402. The number of ether oxygens (including phenoxy) is 1. The van der Waals surface area contributed by atoms with Crippen molar-refractivity contribution in [1.82, 2.24) is 19.5 Å². The number of aliphatic hydroxyl groups excluding tert-OH is 3. The van der Waals surface area contributed by atoms with Gasteiger partial charge in [0.05, 0.1) is 12.9 Å². The zero-order chi connectivity index (χ0) is 19.8. The lowest BCUT2D eigenvalue weighted by molar-refractivity contribution is -0.0511. The molecule has 0 spiro atoms. The van der Waals surface area contributed by atoms with Gasteiger partial charge in [-0.2, -0.15) is 9.97 Å². The van der Waals surface area contributed by atoms with Gasteiger partial charge in [0.25, 0.3) is 0 Å². The minimum Gasteiger partial charge on any atom is -0.394 e. The average Bonchev–Trinajstić information content (AvgIpc) is 3.22. The Morgan fingerprint density at radius 1 is 1.18 bits per heavy atom. The van der Waals surface area contributed by atoms with Crippen LogP contribution in [0, 0.1) is 0 Å². The van der Waals surface area contributed by atoms with Gasteiger partial charge in [-0.3, -0.25) is 4.57 Å². The first-order chi connectivity index (χ1) is 13.5. The van der Waals surface area contributed by atoms with Crippen molar-refractivity contribution in [2.75, 3.05) is 17.7 Å². The van der Waals surface area contributed by atoms with Gasteiger partial charge < -0.3 is 31.1 Å². The minimum absolute atomic E-state index is 0.0135. The lowest BCUT2D eigenvalue weighted by Gasteiger charge is -2.16. The van der Waals surface area contributed by atoms with Crippen LogP contribution in [0.2, 0.25) is 5.02 Å². The fourth-order valence-electron chi connectivity index (χ4n) is 3.14. The molecule has 4 atom stereocenters. The monoisotopic (exact) mass is 406 g/mol. The van der Waals surface area contributed by atoms with Crippen LogP contribution in [0.3, 0.4) is 0 Å². The number of aromatic nitrogens is 4. The summed E-state index contributed by atoms with van der Waals surface area (Å²) in [5, 5.41) is 33.4. The number of anilines is 2. The van der Waals surface area contributed by atoms with Crippen molar-refractivity contribution in [3.8, 4) is 0 Å². The number of rotatable bonds is 5. The number of nitrogen functional groups attached to an aromatic ring is 1. The summed E-state index contributed by atoms with van der Waals surface area (Å²) in [6.45, 7) is 0.0375. The number of hydrogen-bond donors (Lipinski definition) is 5. The molecule has 11 heteroatoms. The summed E-state index contributed by atoms with van der Waals surface area (Å²) in [5.41, 5.74) is 7.59. The zero-order valence-corrected chi connectivity index (χ0v) is 15.4. The summed E-state index contributed by atoms with van der Waals surface area (Å²) in [6.07, 6.45) is -2.92. The van der Waals surface area contributed by atoms with Crippen LogP contribution in [0.25, 0.3) is 11.2 Å². The van der Waals surface area contributed by atoms with E-state index < -0.39 is 31.1 Å². The van der Waals surface area contributed by atoms with Crippen LogP contribution in [0.15, 0.2) is 30.6 Å². The van der Waals surface area contributed by atoms with Crippen LogP contribution in [0.5, 0.6) is 0 Å². The average molecular weight is 407 g/mol. The molecule has 0 amide bonds. The van der Waals surface area contributed by atoms with E-state index in [-0.39, 0.29) is 5.95 Å². The smallest absolute Gasteiger partial charge is 0.224 e. The Morgan fingerprint density at radius 2 is 1.93 bits per heavy atom. The van der Waals surface area contributed by atoms with E-state index in [9.17, 15) is 15.3 Å². The summed E-state index contributed by atoms with van der Waals surface area (Å²) in [4.78, 5) is 12.7. The Bertz CT molecular complexity index is 982. The summed E-state index contributed by atoms with van der Waals surface area (Å²) < 4.78 is 7.01. The Labute approximate surface area is 164 Å². The van der Waals surface area contributed by atoms with Crippen molar-refractivity contribution in [2.24, 2.45) is 0 Å². The predicted molar refractivity (Wildman–Crippen MR) is 102 cm³/mol. The van der Waals surface area contributed by atoms with Gasteiger partial charge >= 0.3 is 0 Å². The number of fused-ring (bicyclic) bond motifs is 1. The third-order valence-electron chi connectivity index (χ3n) is 4.60. The van der Waals surface area contributed by atoms with Gasteiger partial charge in [0, 0.05) is 11.6 Å². The Kier molecular flexibility index (Phi) is 5.04. The van der Waals surface area contributed by atoms with Crippen LogP contribution in [0.1, 0.15) is 11.8 Å². The minimum atomic E-state index is -1.25. The molecule has 3 aromatic rings. The Balaban J connectivity index is 1.64. The fraction of sp³-hybridized carbons (Fsp3) is 0.353. The van der Waals surface area contributed by atoms with Gasteiger partial charge in [-0.05, 0) is 17.7 Å². The lowest BCUT2D eigenvalue weighted by Crippen LogP contribution is -2.33. The highest BCUT2D eigenvalue weighted by molar-refractivity contribution is 6.30. The van der Waals surface area contributed by atoms with Crippen molar-refractivity contribution < 1.29 is 20.1 Å². The molecular weight excluding hydrogens is 388 g/mol. The first-order valence-electron chi connectivity index (χ1n) is 8.58. The van der Waals surface area contributed by atoms with Crippen molar-refractivity contribution in [3.63, 3.8) is 0 Å². The molecule has 3 heterocycles. The highest BCUT2D eigenvalue weighted by atomic mass is 35.5. The van der Waals surface area contributed by atoms with Crippen molar-refractivity contribution in [1.29, 1.82) is 0 Å². The third-order valence-corrected chi connectivity index (χ3v) is 4.86. The largest absolute Gasteiger partial charge is 0.394 e. The van der Waals surface area contributed by atoms with E-state index in [4.69, 9.17) is 22.1 Å². The topological polar surface area (TPSA) is 152 Å². The van der Waals surface area contributed by atoms with Crippen molar-refractivity contribution >= 4 is 34.5 Å².